The highest BCUT2D eigenvalue weighted by atomic mass is 16.5. The summed E-state index contributed by atoms with van der Waals surface area (Å²) in [6.07, 6.45) is 5.77. The minimum absolute atomic E-state index is 0.00954. The molecule has 0 spiro atoms. The van der Waals surface area contributed by atoms with Crippen molar-refractivity contribution in [3.05, 3.63) is 36.7 Å². The number of benzene rings is 1. The van der Waals surface area contributed by atoms with Gasteiger partial charge >= 0.3 is 0 Å². The van der Waals surface area contributed by atoms with Crippen molar-refractivity contribution in [1.82, 2.24) is 20.0 Å². The van der Waals surface area contributed by atoms with Crippen LogP contribution < -0.4 is 10.1 Å². The molecule has 1 fully saturated rings. The van der Waals surface area contributed by atoms with E-state index in [9.17, 15) is 4.79 Å². The van der Waals surface area contributed by atoms with Gasteiger partial charge in [0.1, 0.15) is 12.4 Å². The molecular formula is C19H25N4O2. The number of aromatic nitrogens is 2. The van der Waals surface area contributed by atoms with Crippen LogP contribution in [-0.2, 0) is 11.8 Å². The number of nitrogens with one attached hydrogen (secondary N) is 1. The largest absolute Gasteiger partial charge is 0.491 e. The maximum absolute atomic E-state index is 12.3. The summed E-state index contributed by atoms with van der Waals surface area (Å²) in [5.41, 5.74) is 2.03. The van der Waals surface area contributed by atoms with Gasteiger partial charge in [0.05, 0.1) is 18.3 Å². The topological polar surface area (TPSA) is 59.4 Å². The van der Waals surface area contributed by atoms with Crippen LogP contribution in [0, 0.1) is 6.07 Å². The number of carbonyl (C=O) groups excluding carboxylic acids is 1. The molecular weight excluding hydrogens is 316 g/mol. The molecule has 2 aromatic rings. The molecule has 1 aromatic heterocycles. The van der Waals surface area contributed by atoms with E-state index in [4.69, 9.17) is 4.74 Å². The van der Waals surface area contributed by atoms with Crippen molar-refractivity contribution >= 4 is 5.91 Å². The van der Waals surface area contributed by atoms with Gasteiger partial charge in [0.25, 0.3) is 0 Å². The highest BCUT2D eigenvalue weighted by Gasteiger charge is 2.28. The molecule has 1 aliphatic rings. The molecule has 133 valence electrons. The fraction of sp³-hybridized carbons (Fsp3) is 0.474. The number of amides is 1. The number of carbonyl (C=O) groups is 1. The molecule has 25 heavy (non-hydrogen) atoms. The predicted octanol–water partition coefficient (Wildman–Crippen LogP) is 1.86. The van der Waals surface area contributed by atoms with Crippen molar-refractivity contribution in [1.29, 1.82) is 0 Å². The Morgan fingerprint density at radius 2 is 2.28 bits per heavy atom. The van der Waals surface area contributed by atoms with Gasteiger partial charge in [-0.1, -0.05) is 0 Å². The molecule has 1 aliphatic heterocycles. The van der Waals surface area contributed by atoms with Gasteiger partial charge in [-0.15, -0.1) is 0 Å². The lowest BCUT2D eigenvalue weighted by Gasteiger charge is -2.22. The average Bonchev–Trinajstić information content (AvgIpc) is 3.21. The second kappa shape index (κ2) is 7.70. The van der Waals surface area contributed by atoms with Crippen molar-refractivity contribution in [2.24, 2.45) is 7.05 Å². The van der Waals surface area contributed by atoms with E-state index in [1.54, 1.807) is 10.7 Å². The third-order valence-electron chi connectivity index (χ3n) is 4.51. The van der Waals surface area contributed by atoms with Gasteiger partial charge in [-0.2, -0.15) is 5.10 Å². The van der Waals surface area contributed by atoms with E-state index >= 15 is 0 Å². The Bertz CT molecular complexity index is 728. The van der Waals surface area contributed by atoms with Gasteiger partial charge in [0.2, 0.25) is 5.91 Å². The van der Waals surface area contributed by atoms with E-state index in [0.29, 0.717) is 6.61 Å². The summed E-state index contributed by atoms with van der Waals surface area (Å²) < 4.78 is 7.60. The highest BCUT2D eigenvalue weighted by molar-refractivity contribution is 5.82. The first kappa shape index (κ1) is 17.5. The van der Waals surface area contributed by atoms with Crippen LogP contribution in [0.4, 0.5) is 0 Å². The second-order valence-electron chi connectivity index (χ2n) is 6.72. The summed E-state index contributed by atoms with van der Waals surface area (Å²) >= 11 is 0. The van der Waals surface area contributed by atoms with E-state index in [-0.39, 0.29) is 18.0 Å². The third kappa shape index (κ3) is 4.39. The summed E-state index contributed by atoms with van der Waals surface area (Å²) in [6.45, 7) is 3.37. The van der Waals surface area contributed by atoms with Crippen molar-refractivity contribution in [2.75, 3.05) is 20.2 Å². The number of nitrogens with zero attached hydrogens (tertiary/aromatic N) is 3. The minimum atomic E-state index is -0.0523. The lowest BCUT2D eigenvalue weighted by Crippen LogP contribution is -2.46. The summed E-state index contributed by atoms with van der Waals surface area (Å²) in [5.74, 6) is 0.826. The van der Waals surface area contributed by atoms with E-state index in [2.05, 4.69) is 21.4 Å². The van der Waals surface area contributed by atoms with E-state index in [1.165, 1.54) is 0 Å². The molecule has 1 unspecified atom stereocenters. The Hall–Kier alpha value is -2.34. The molecule has 1 saturated heterocycles. The maximum Gasteiger partial charge on any atom is 0.237 e. The first-order valence-corrected chi connectivity index (χ1v) is 8.66. The quantitative estimate of drug-likeness (QED) is 0.871. The Morgan fingerprint density at radius 1 is 1.44 bits per heavy atom. The van der Waals surface area contributed by atoms with Gasteiger partial charge < -0.3 is 10.1 Å². The Labute approximate surface area is 148 Å². The number of hydrogen-bond acceptors (Lipinski definition) is 4. The van der Waals surface area contributed by atoms with Crippen LogP contribution in [0.15, 0.2) is 30.6 Å². The number of likely N-dealkylation sites (tertiary alicyclic amines) is 1. The van der Waals surface area contributed by atoms with Gasteiger partial charge in [0, 0.05) is 18.8 Å². The summed E-state index contributed by atoms with van der Waals surface area (Å²) in [4.78, 5) is 14.4. The molecule has 0 aliphatic carbocycles. The normalized spacial score (nSPS) is 18.9. The fourth-order valence-electron chi connectivity index (χ4n) is 3.11. The lowest BCUT2D eigenvalue weighted by atomic mass is 10.1. The number of aryl methyl sites for hydroxylation is 1. The standard InChI is InChI=1S/C19H25N4O2/c1-14(21-19(24)18-8-5-9-22(18)2)13-25-17-7-4-6-15(10-17)16-11-20-23(3)12-16/h6-7,10-12,14,18H,5,8-9,13H2,1-3H3,(H,21,24)/t14-,18?/m1/s1. The van der Waals surface area contributed by atoms with Crippen LogP contribution in [0.1, 0.15) is 19.8 Å². The molecule has 0 bridgehead atoms. The fourth-order valence-corrected chi connectivity index (χ4v) is 3.11. The van der Waals surface area contributed by atoms with Crippen LogP contribution in [0.25, 0.3) is 11.1 Å². The van der Waals surface area contributed by atoms with Crippen LogP contribution in [0.5, 0.6) is 5.75 Å². The number of rotatable bonds is 6. The van der Waals surface area contributed by atoms with E-state index < -0.39 is 0 Å². The Morgan fingerprint density at radius 3 is 2.96 bits per heavy atom. The van der Waals surface area contributed by atoms with Gasteiger partial charge in [0.15, 0.2) is 0 Å². The molecule has 0 saturated carbocycles. The zero-order chi connectivity index (χ0) is 17.8. The smallest absolute Gasteiger partial charge is 0.237 e. The molecule has 3 rings (SSSR count). The maximum atomic E-state index is 12.3. The predicted molar refractivity (Wildman–Crippen MR) is 96.2 cm³/mol. The van der Waals surface area contributed by atoms with Gasteiger partial charge in [-0.3, -0.25) is 14.4 Å². The summed E-state index contributed by atoms with van der Waals surface area (Å²) in [6, 6.07) is 8.71. The Balaban J connectivity index is 1.53. The van der Waals surface area contributed by atoms with Crippen LogP contribution in [0.2, 0.25) is 0 Å². The number of likely N-dealkylation sites (N-methyl/N-ethyl adjacent to an activating group) is 1. The molecule has 2 atom stereocenters. The monoisotopic (exact) mass is 341 g/mol. The number of ether oxygens (including phenoxy) is 1. The van der Waals surface area contributed by atoms with Crippen LogP contribution in [-0.4, -0.2) is 52.9 Å². The summed E-state index contributed by atoms with van der Waals surface area (Å²) in [7, 11) is 3.89. The minimum Gasteiger partial charge on any atom is -0.491 e. The Kier molecular flexibility index (Phi) is 5.38. The zero-order valence-electron chi connectivity index (χ0n) is 15.0. The summed E-state index contributed by atoms with van der Waals surface area (Å²) in [5, 5.41) is 7.23. The second-order valence-corrected chi connectivity index (χ2v) is 6.72. The van der Waals surface area contributed by atoms with Crippen molar-refractivity contribution in [3.8, 4) is 16.9 Å². The molecule has 1 N–H and O–H groups in total. The molecule has 1 radical (unpaired) electrons. The molecule has 6 nitrogen and oxygen atoms in total. The molecule has 1 amide bonds. The van der Waals surface area contributed by atoms with Crippen LogP contribution >= 0.6 is 0 Å². The van der Waals surface area contributed by atoms with Crippen LogP contribution in [0.3, 0.4) is 0 Å². The van der Waals surface area contributed by atoms with E-state index in [1.807, 2.05) is 45.5 Å². The SMILES string of the molecule is C[C@H](COc1c[c]cc(-c2cnn(C)c2)c1)NC(=O)C1CCCN1C. The average molecular weight is 341 g/mol. The van der Waals surface area contributed by atoms with Gasteiger partial charge in [-0.05, 0) is 63.2 Å². The first-order valence-electron chi connectivity index (χ1n) is 8.66. The van der Waals surface area contributed by atoms with Crippen molar-refractivity contribution < 1.29 is 9.53 Å². The zero-order valence-corrected chi connectivity index (χ0v) is 15.0. The first-order chi connectivity index (χ1) is 12.0. The van der Waals surface area contributed by atoms with Gasteiger partial charge in [-0.25, -0.2) is 0 Å². The third-order valence-corrected chi connectivity index (χ3v) is 4.51. The lowest BCUT2D eigenvalue weighted by molar-refractivity contribution is -0.125. The number of hydrogen-bond donors (Lipinski definition) is 1. The van der Waals surface area contributed by atoms with Crippen molar-refractivity contribution in [3.63, 3.8) is 0 Å². The molecule has 1 aromatic carbocycles. The van der Waals surface area contributed by atoms with Crippen molar-refractivity contribution in [2.45, 2.75) is 31.8 Å². The molecule has 2 heterocycles. The van der Waals surface area contributed by atoms with E-state index in [0.717, 1.165) is 36.3 Å². The highest BCUT2D eigenvalue weighted by Crippen LogP contribution is 2.23. The molecule has 6 heteroatoms.